The molecule has 16 heavy (non-hydrogen) atoms. The molecule has 0 N–H and O–H groups in total. The van der Waals surface area contributed by atoms with E-state index in [0.29, 0.717) is 11.3 Å². The molecule has 1 aliphatic heterocycles. The van der Waals surface area contributed by atoms with Crippen LogP contribution >= 0.6 is 0 Å². The number of ether oxygens (including phenoxy) is 1. The SMILES string of the molecule is O=c1ccc2ccc3c(c2o1)C=CC=CO3. The number of benzene rings is 1. The lowest BCUT2D eigenvalue weighted by molar-refractivity contribution is 0.479. The fourth-order valence-corrected chi connectivity index (χ4v) is 1.71. The first-order valence-electron chi connectivity index (χ1n) is 4.91. The summed E-state index contributed by atoms with van der Waals surface area (Å²) < 4.78 is 10.6. The largest absolute Gasteiger partial charge is 0.464 e. The summed E-state index contributed by atoms with van der Waals surface area (Å²) in [5.74, 6) is 0.687. The Bertz CT molecular complexity index is 662. The fourth-order valence-electron chi connectivity index (χ4n) is 1.71. The molecule has 1 aromatic carbocycles. The Kier molecular flexibility index (Phi) is 1.90. The smallest absolute Gasteiger partial charge is 0.336 e. The number of fused-ring (bicyclic) bond motifs is 3. The van der Waals surface area contributed by atoms with Gasteiger partial charge in [-0.05, 0) is 30.4 Å². The van der Waals surface area contributed by atoms with Crippen molar-refractivity contribution < 1.29 is 9.15 Å². The molecule has 2 aromatic rings. The second kappa shape index (κ2) is 3.38. The molecule has 2 heterocycles. The Balaban J connectivity index is 2.42. The molecule has 0 saturated heterocycles. The summed E-state index contributed by atoms with van der Waals surface area (Å²) in [6.07, 6.45) is 7.09. The predicted molar refractivity (Wildman–Crippen MR) is 61.3 cm³/mol. The molecule has 1 aliphatic rings. The third kappa shape index (κ3) is 1.34. The molecule has 0 radical (unpaired) electrons. The van der Waals surface area contributed by atoms with Gasteiger partial charge in [0.25, 0.3) is 0 Å². The van der Waals surface area contributed by atoms with Gasteiger partial charge in [-0.1, -0.05) is 6.08 Å². The molecule has 3 heteroatoms. The van der Waals surface area contributed by atoms with E-state index in [4.69, 9.17) is 9.15 Å². The Morgan fingerprint density at radius 3 is 2.81 bits per heavy atom. The van der Waals surface area contributed by atoms with E-state index in [1.54, 1.807) is 18.4 Å². The number of hydrogen-bond acceptors (Lipinski definition) is 3. The van der Waals surface area contributed by atoms with Crippen molar-refractivity contribution in [2.75, 3.05) is 0 Å². The van der Waals surface area contributed by atoms with Crippen LogP contribution in [0.15, 0.2) is 51.9 Å². The topological polar surface area (TPSA) is 39.4 Å². The van der Waals surface area contributed by atoms with Crippen molar-refractivity contribution in [3.63, 3.8) is 0 Å². The van der Waals surface area contributed by atoms with Crippen molar-refractivity contribution in [2.24, 2.45) is 0 Å². The van der Waals surface area contributed by atoms with E-state index in [2.05, 4.69) is 0 Å². The van der Waals surface area contributed by atoms with Gasteiger partial charge >= 0.3 is 5.63 Å². The standard InChI is InChI=1S/C13H8O3/c14-12-7-5-9-4-6-11-10(13(9)16-12)3-1-2-8-15-11/h1-8H. The fraction of sp³-hybridized carbons (Fsp3) is 0. The van der Waals surface area contributed by atoms with E-state index in [1.807, 2.05) is 24.3 Å². The van der Waals surface area contributed by atoms with Crippen molar-refractivity contribution in [3.05, 3.63) is 58.7 Å². The van der Waals surface area contributed by atoms with Crippen LogP contribution in [0.3, 0.4) is 0 Å². The molecule has 0 saturated carbocycles. The minimum absolute atomic E-state index is 0.355. The maximum absolute atomic E-state index is 11.2. The van der Waals surface area contributed by atoms with Crippen molar-refractivity contribution >= 4 is 17.0 Å². The van der Waals surface area contributed by atoms with Gasteiger partial charge < -0.3 is 9.15 Å². The first-order chi connectivity index (χ1) is 7.84. The normalized spacial score (nSPS) is 13.2. The minimum atomic E-state index is -0.355. The van der Waals surface area contributed by atoms with Crippen LogP contribution in [0.5, 0.6) is 5.75 Å². The lowest BCUT2D eigenvalue weighted by atomic mass is 10.1. The van der Waals surface area contributed by atoms with Gasteiger partial charge in [0, 0.05) is 11.5 Å². The highest BCUT2D eigenvalue weighted by Gasteiger charge is 2.09. The van der Waals surface area contributed by atoms with E-state index >= 15 is 0 Å². The van der Waals surface area contributed by atoms with Crippen LogP contribution in [0.4, 0.5) is 0 Å². The van der Waals surface area contributed by atoms with Gasteiger partial charge in [0.1, 0.15) is 11.3 Å². The molecule has 0 unspecified atom stereocenters. The Hall–Kier alpha value is -2.29. The van der Waals surface area contributed by atoms with Gasteiger partial charge in [0.15, 0.2) is 0 Å². The zero-order valence-electron chi connectivity index (χ0n) is 8.34. The zero-order valence-corrected chi connectivity index (χ0v) is 8.34. The van der Waals surface area contributed by atoms with Gasteiger partial charge in [-0.25, -0.2) is 4.79 Å². The molecule has 0 amide bonds. The van der Waals surface area contributed by atoms with Crippen LogP contribution in [0, 0.1) is 0 Å². The van der Waals surface area contributed by atoms with E-state index in [-0.39, 0.29) is 5.63 Å². The maximum atomic E-state index is 11.2. The monoisotopic (exact) mass is 212 g/mol. The Labute approximate surface area is 91.3 Å². The van der Waals surface area contributed by atoms with Crippen LogP contribution in [-0.4, -0.2) is 0 Å². The van der Waals surface area contributed by atoms with Gasteiger partial charge in [0.05, 0.1) is 11.8 Å². The summed E-state index contributed by atoms with van der Waals surface area (Å²) in [4.78, 5) is 11.2. The van der Waals surface area contributed by atoms with E-state index in [0.717, 1.165) is 10.9 Å². The van der Waals surface area contributed by atoms with Crippen molar-refractivity contribution in [3.8, 4) is 5.75 Å². The highest BCUT2D eigenvalue weighted by Crippen LogP contribution is 2.29. The number of hydrogen-bond donors (Lipinski definition) is 0. The average molecular weight is 212 g/mol. The molecule has 1 aromatic heterocycles. The lowest BCUT2D eigenvalue weighted by Gasteiger charge is -2.05. The summed E-state index contributed by atoms with van der Waals surface area (Å²) in [6.45, 7) is 0. The molecule has 0 atom stereocenters. The Morgan fingerprint density at radius 2 is 1.88 bits per heavy atom. The van der Waals surface area contributed by atoms with Crippen LogP contribution in [-0.2, 0) is 0 Å². The number of rotatable bonds is 0. The summed E-state index contributed by atoms with van der Waals surface area (Å²) in [6, 6.07) is 6.88. The van der Waals surface area contributed by atoms with Crippen molar-refractivity contribution in [1.82, 2.24) is 0 Å². The van der Waals surface area contributed by atoms with E-state index < -0.39 is 0 Å². The molecule has 3 nitrogen and oxygen atoms in total. The summed E-state index contributed by atoms with van der Waals surface area (Å²) in [5.41, 5.74) is 0.997. The molecule has 0 fully saturated rings. The summed E-state index contributed by atoms with van der Waals surface area (Å²) in [5, 5.41) is 0.883. The minimum Gasteiger partial charge on any atom is -0.464 e. The third-order valence-corrected chi connectivity index (χ3v) is 2.44. The van der Waals surface area contributed by atoms with Crippen molar-refractivity contribution in [1.29, 1.82) is 0 Å². The van der Waals surface area contributed by atoms with Gasteiger partial charge in [-0.2, -0.15) is 0 Å². The third-order valence-electron chi connectivity index (χ3n) is 2.44. The predicted octanol–water partition coefficient (Wildman–Crippen LogP) is 2.71. The van der Waals surface area contributed by atoms with Crippen molar-refractivity contribution in [2.45, 2.75) is 0 Å². The highest BCUT2D eigenvalue weighted by atomic mass is 16.5. The maximum Gasteiger partial charge on any atom is 0.336 e. The summed E-state index contributed by atoms with van der Waals surface area (Å²) >= 11 is 0. The second-order valence-electron chi connectivity index (χ2n) is 3.46. The van der Waals surface area contributed by atoms with E-state index in [9.17, 15) is 4.79 Å². The second-order valence-corrected chi connectivity index (χ2v) is 3.46. The molecular weight excluding hydrogens is 204 g/mol. The highest BCUT2D eigenvalue weighted by molar-refractivity contribution is 5.88. The molecule has 0 spiro atoms. The average Bonchev–Trinajstić information content (AvgIpc) is 2.54. The van der Waals surface area contributed by atoms with Gasteiger partial charge in [0.2, 0.25) is 0 Å². The quantitative estimate of drug-likeness (QED) is 0.630. The molecular formula is C13H8O3. The van der Waals surface area contributed by atoms with Crippen LogP contribution in [0.25, 0.3) is 17.0 Å². The molecule has 3 rings (SSSR count). The number of allylic oxidation sites excluding steroid dienone is 2. The van der Waals surface area contributed by atoms with Crippen LogP contribution < -0.4 is 10.4 Å². The first kappa shape index (κ1) is 8.97. The first-order valence-corrected chi connectivity index (χ1v) is 4.91. The van der Waals surface area contributed by atoms with Gasteiger partial charge in [-0.15, -0.1) is 0 Å². The molecule has 0 aliphatic carbocycles. The lowest BCUT2D eigenvalue weighted by Crippen LogP contribution is -1.96. The van der Waals surface area contributed by atoms with Gasteiger partial charge in [-0.3, -0.25) is 0 Å². The summed E-state index contributed by atoms with van der Waals surface area (Å²) in [7, 11) is 0. The molecule has 0 bridgehead atoms. The zero-order chi connectivity index (χ0) is 11.0. The van der Waals surface area contributed by atoms with E-state index in [1.165, 1.54) is 6.07 Å². The van der Waals surface area contributed by atoms with Crippen LogP contribution in [0.1, 0.15) is 5.56 Å². The van der Waals surface area contributed by atoms with Crippen LogP contribution in [0.2, 0.25) is 0 Å². The molecule has 78 valence electrons. The Morgan fingerprint density at radius 1 is 1.00 bits per heavy atom.